The third-order valence-corrected chi connectivity index (χ3v) is 4.71. The lowest BCUT2D eigenvalue weighted by Crippen LogP contribution is -2.96. The van der Waals surface area contributed by atoms with Gasteiger partial charge in [-0.2, -0.15) is 0 Å². The standard InChI is InChI=1S/C14H19N9O3/c1-5-21-7-4-2-3-6(15)8(7)9(24)23(5)13(18)11(26)22-10(25)12(16,17)14(13,19)20/h2-4H,15-20H2,1H3,(H,22,25,26). The number of piperidine rings is 1. The average Bonchev–Trinajstić information content (AvgIpc) is 2.52. The number of nitrogens with one attached hydrogen (secondary N) is 1. The van der Waals surface area contributed by atoms with Gasteiger partial charge in [0.2, 0.25) is 5.66 Å². The fourth-order valence-electron chi connectivity index (χ4n) is 3.06. The Balaban J connectivity index is 2.45. The van der Waals surface area contributed by atoms with Gasteiger partial charge in [0, 0.05) is 5.69 Å². The van der Waals surface area contributed by atoms with E-state index < -0.39 is 34.4 Å². The van der Waals surface area contributed by atoms with Crippen molar-refractivity contribution in [3.63, 3.8) is 0 Å². The molecule has 2 heterocycles. The quantitative estimate of drug-likeness (QED) is 0.147. The van der Waals surface area contributed by atoms with Crippen LogP contribution in [-0.4, -0.2) is 32.7 Å². The molecular formula is C14H19N9O3. The number of carbonyl (C=O) groups is 2. The van der Waals surface area contributed by atoms with Crippen molar-refractivity contribution >= 4 is 28.4 Å². The number of nitrogen functional groups attached to an aromatic ring is 1. The number of hydrogen-bond acceptors (Lipinski definition) is 10. The fraction of sp³-hybridized carbons (Fsp3) is 0.286. The van der Waals surface area contributed by atoms with Crippen LogP contribution >= 0.6 is 0 Å². The summed E-state index contributed by atoms with van der Waals surface area (Å²) in [5.74, 6) is -2.29. The zero-order valence-corrected chi connectivity index (χ0v) is 13.8. The molecule has 3 rings (SSSR count). The molecule has 12 nitrogen and oxygen atoms in total. The van der Waals surface area contributed by atoms with Crippen LogP contribution in [0.5, 0.6) is 0 Å². The molecule has 0 saturated carbocycles. The Labute approximate surface area is 146 Å². The molecule has 1 fully saturated rings. The first-order chi connectivity index (χ1) is 11.9. The van der Waals surface area contributed by atoms with Crippen molar-refractivity contribution < 1.29 is 9.59 Å². The van der Waals surface area contributed by atoms with Gasteiger partial charge in [0.1, 0.15) is 5.82 Å². The van der Waals surface area contributed by atoms with Gasteiger partial charge < -0.3 is 28.7 Å². The van der Waals surface area contributed by atoms with Crippen LogP contribution in [0.4, 0.5) is 5.69 Å². The van der Waals surface area contributed by atoms with E-state index in [2.05, 4.69) is 4.98 Å². The van der Waals surface area contributed by atoms with E-state index in [4.69, 9.17) is 34.4 Å². The highest BCUT2D eigenvalue weighted by molar-refractivity contribution is 6.07. The van der Waals surface area contributed by atoms with Gasteiger partial charge in [-0.1, -0.05) is 6.07 Å². The number of hydrogen-bond donors (Lipinski definition) is 7. The maximum Gasteiger partial charge on any atom is 0.271 e. The van der Waals surface area contributed by atoms with Crippen LogP contribution in [0.1, 0.15) is 5.82 Å². The Morgan fingerprint density at radius 2 is 1.65 bits per heavy atom. The topological polar surface area (TPSA) is 237 Å². The number of benzene rings is 1. The number of anilines is 1. The maximum atomic E-state index is 13.1. The smallest absolute Gasteiger partial charge is 0.271 e. The number of aromatic nitrogens is 2. The van der Waals surface area contributed by atoms with Crippen LogP contribution in [0, 0.1) is 6.92 Å². The monoisotopic (exact) mass is 361 g/mol. The van der Waals surface area contributed by atoms with Crippen molar-refractivity contribution in [2.45, 2.75) is 23.9 Å². The summed E-state index contributed by atoms with van der Waals surface area (Å²) in [6.45, 7) is 1.41. The minimum atomic E-state index is -2.53. The van der Waals surface area contributed by atoms with Crippen LogP contribution in [0.2, 0.25) is 0 Å². The van der Waals surface area contributed by atoms with Crippen molar-refractivity contribution in [2.75, 3.05) is 5.73 Å². The summed E-state index contributed by atoms with van der Waals surface area (Å²) >= 11 is 0. The molecule has 0 spiro atoms. The maximum absolute atomic E-state index is 13.1. The van der Waals surface area contributed by atoms with Crippen molar-refractivity contribution in [1.29, 1.82) is 0 Å². The second-order valence-electron chi connectivity index (χ2n) is 6.33. The van der Waals surface area contributed by atoms with Gasteiger partial charge in [-0.05, 0) is 19.1 Å². The van der Waals surface area contributed by atoms with Crippen molar-refractivity contribution in [3.05, 3.63) is 34.4 Å². The SMILES string of the molecule is Cc1nc2cccc(N)c2c(=O)n1C1(N)C(=O)NC(=O)C(N)(N)C1(N)N. The van der Waals surface area contributed by atoms with Gasteiger partial charge in [0.05, 0.1) is 10.9 Å². The molecule has 1 aliphatic heterocycles. The Kier molecular flexibility index (Phi) is 3.48. The van der Waals surface area contributed by atoms with E-state index in [0.29, 0.717) is 0 Å². The minimum absolute atomic E-state index is 0.00284. The van der Waals surface area contributed by atoms with Crippen LogP contribution < -0.4 is 45.3 Å². The number of imide groups is 1. The molecule has 12 heteroatoms. The Hall–Kier alpha value is -2.90. The molecule has 0 bridgehead atoms. The van der Waals surface area contributed by atoms with E-state index >= 15 is 0 Å². The summed E-state index contributed by atoms with van der Waals surface area (Å²) in [5, 5.41) is 1.90. The molecule has 138 valence electrons. The van der Waals surface area contributed by atoms with Crippen LogP contribution in [0.3, 0.4) is 0 Å². The summed E-state index contributed by atoms with van der Waals surface area (Å²) in [4.78, 5) is 41.9. The summed E-state index contributed by atoms with van der Waals surface area (Å²) in [7, 11) is 0. The minimum Gasteiger partial charge on any atom is -0.398 e. The molecule has 1 unspecified atom stereocenters. The number of nitrogens with two attached hydrogens (primary N) is 6. The number of aryl methyl sites for hydroxylation is 1. The predicted molar refractivity (Wildman–Crippen MR) is 92.7 cm³/mol. The lowest BCUT2D eigenvalue weighted by Gasteiger charge is -2.52. The molecule has 1 aromatic heterocycles. The van der Waals surface area contributed by atoms with Crippen LogP contribution in [-0.2, 0) is 15.3 Å². The number of fused-ring (bicyclic) bond motifs is 1. The highest BCUT2D eigenvalue weighted by atomic mass is 16.2. The normalized spacial score (nSPS) is 24.5. The molecule has 1 saturated heterocycles. The van der Waals surface area contributed by atoms with E-state index in [0.717, 1.165) is 4.57 Å². The third kappa shape index (κ3) is 1.89. The van der Waals surface area contributed by atoms with E-state index in [-0.39, 0.29) is 22.4 Å². The Morgan fingerprint density at radius 1 is 1.04 bits per heavy atom. The molecule has 13 N–H and O–H groups in total. The molecule has 2 aromatic rings. The second-order valence-corrected chi connectivity index (χ2v) is 6.33. The van der Waals surface area contributed by atoms with E-state index in [1.807, 2.05) is 5.32 Å². The zero-order chi connectivity index (χ0) is 19.7. The van der Waals surface area contributed by atoms with Crippen molar-refractivity contribution in [1.82, 2.24) is 14.9 Å². The highest BCUT2D eigenvalue weighted by Crippen LogP contribution is 2.30. The lowest BCUT2D eigenvalue weighted by atomic mass is 9.78. The van der Waals surface area contributed by atoms with Crippen molar-refractivity contribution in [3.8, 4) is 0 Å². The average molecular weight is 361 g/mol. The lowest BCUT2D eigenvalue weighted by molar-refractivity contribution is -0.153. The van der Waals surface area contributed by atoms with Gasteiger partial charge >= 0.3 is 0 Å². The van der Waals surface area contributed by atoms with Gasteiger partial charge in [-0.3, -0.25) is 30.0 Å². The van der Waals surface area contributed by atoms with Gasteiger partial charge in [0.15, 0.2) is 11.3 Å². The Morgan fingerprint density at radius 3 is 2.27 bits per heavy atom. The second kappa shape index (κ2) is 5.06. The molecular weight excluding hydrogens is 342 g/mol. The van der Waals surface area contributed by atoms with E-state index in [1.54, 1.807) is 12.1 Å². The van der Waals surface area contributed by atoms with Crippen molar-refractivity contribution in [2.24, 2.45) is 28.7 Å². The van der Waals surface area contributed by atoms with Crippen LogP contribution in [0.25, 0.3) is 10.9 Å². The first-order valence-electron chi connectivity index (χ1n) is 7.46. The molecule has 2 amide bonds. The Bertz CT molecular complexity index is 1030. The number of carbonyl (C=O) groups excluding carboxylic acids is 2. The van der Waals surface area contributed by atoms with Gasteiger partial charge in [0.25, 0.3) is 17.4 Å². The summed E-state index contributed by atoms with van der Waals surface area (Å²) in [5.41, 5.74) is 27.6. The number of rotatable bonds is 1. The third-order valence-electron chi connectivity index (χ3n) is 4.71. The predicted octanol–water partition coefficient (Wildman–Crippen LogP) is -4.22. The first kappa shape index (κ1) is 17.9. The van der Waals surface area contributed by atoms with E-state index in [9.17, 15) is 14.4 Å². The largest absolute Gasteiger partial charge is 0.398 e. The van der Waals surface area contributed by atoms with E-state index in [1.165, 1.54) is 13.0 Å². The van der Waals surface area contributed by atoms with Gasteiger partial charge in [-0.25, -0.2) is 4.98 Å². The molecule has 0 radical (unpaired) electrons. The summed E-state index contributed by atoms with van der Waals surface area (Å²) in [6.07, 6.45) is 0. The molecule has 0 aliphatic carbocycles. The number of nitrogens with zero attached hydrogens (tertiary/aromatic N) is 2. The number of amides is 2. The molecule has 1 aliphatic rings. The fourth-order valence-corrected chi connectivity index (χ4v) is 3.06. The summed E-state index contributed by atoms with van der Waals surface area (Å²) in [6, 6.07) is 4.65. The molecule has 26 heavy (non-hydrogen) atoms. The zero-order valence-electron chi connectivity index (χ0n) is 13.8. The highest BCUT2D eigenvalue weighted by Gasteiger charge is 2.67. The molecule has 1 atom stereocenters. The summed E-state index contributed by atoms with van der Waals surface area (Å²) < 4.78 is 0.752. The van der Waals surface area contributed by atoms with Crippen LogP contribution in [0.15, 0.2) is 23.0 Å². The van der Waals surface area contributed by atoms with Gasteiger partial charge in [-0.15, -0.1) is 0 Å². The molecule has 1 aromatic carbocycles. The first-order valence-corrected chi connectivity index (χ1v) is 7.46.